The Hall–Kier alpha value is -3.44. The third-order valence-electron chi connectivity index (χ3n) is 7.81. The van der Waals surface area contributed by atoms with Crippen molar-refractivity contribution >= 4 is 29.3 Å². The smallest absolute Gasteiger partial charge is 0.317 e. The van der Waals surface area contributed by atoms with E-state index in [-0.39, 0.29) is 28.5 Å². The molecule has 2 aliphatic rings. The molecule has 0 spiro atoms. The first-order valence-electron chi connectivity index (χ1n) is 13.4. The predicted molar refractivity (Wildman–Crippen MR) is 147 cm³/mol. The third kappa shape index (κ3) is 6.33. The number of benzene rings is 1. The van der Waals surface area contributed by atoms with E-state index in [4.69, 9.17) is 10.7 Å². The summed E-state index contributed by atoms with van der Waals surface area (Å²) in [5, 5.41) is 17.0. The third-order valence-corrected chi connectivity index (χ3v) is 7.81. The highest BCUT2D eigenvalue weighted by Crippen LogP contribution is 2.33. The minimum absolute atomic E-state index is 0.00432. The molecule has 3 amide bonds. The summed E-state index contributed by atoms with van der Waals surface area (Å²) in [7, 11) is 3.43. The Labute approximate surface area is 224 Å². The zero-order valence-electron chi connectivity index (χ0n) is 22.9. The molecule has 2 aliphatic heterocycles. The van der Waals surface area contributed by atoms with E-state index in [1.807, 2.05) is 12.1 Å². The quantitative estimate of drug-likeness (QED) is 0.408. The highest BCUT2D eigenvalue weighted by Gasteiger charge is 2.36. The van der Waals surface area contributed by atoms with E-state index < -0.39 is 5.91 Å². The average molecular weight is 526 g/mol. The topological polar surface area (TPSA) is 137 Å². The Morgan fingerprint density at radius 2 is 1.84 bits per heavy atom. The SMILES string of the molecule is CC(C)[N+]1(O)CCC(c2ccc(Nc3nc(N4CCC[C@@H](NC(=O)N(C)C)C4)cnc3C(N)=O)cc2)CC1. The van der Waals surface area contributed by atoms with Gasteiger partial charge in [-0.05, 0) is 50.3 Å². The van der Waals surface area contributed by atoms with Crippen LogP contribution < -0.4 is 21.3 Å². The van der Waals surface area contributed by atoms with Crippen LogP contribution in [0.2, 0.25) is 0 Å². The summed E-state index contributed by atoms with van der Waals surface area (Å²) in [6.07, 6.45) is 5.22. The van der Waals surface area contributed by atoms with Crippen LogP contribution in [0, 0.1) is 0 Å². The summed E-state index contributed by atoms with van der Waals surface area (Å²) in [5.41, 5.74) is 7.69. The van der Waals surface area contributed by atoms with Gasteiger partial charge in [-0.15, -0.1) is 0 Å². The summed E-state index contributed by atoms with van der Waals surface area (Å²) >= 11 is 0. The van der Waals surface area contributed by atoms with Crippen LogP contribution in [-0.2, 0) is 0 Å². The van der Waals surface area contributed by atoms with Crippen LogP contribution in [0.3, 0.4) is 0 Å². The van der Waals surface area contributed by atoms with Crippen molar-refractivity contribution in [3.8, 4) is 0 Å². The van der Waals surface area contributed by atoms with Gasteiger partial charge in [-0.25, -0.2) is 20.0 Å². The average Bonchev–Trinajstić information content (AvgIpc) is 2.89. The molecule has 11 heteroatoms. The number of primary amides is 1. The van der Waals surface area contributed by atoms with Crippen molar-refractivity contribution in [2.75, 3.05) is 50.5 Å². The van der Waals surface area contributed by atoms with Crippen LogP contribution in [0.1, 0.15) is 61.5 Å². The number of amides is 3. The van der Waals surface area contributed by atoms with Crippen LogP contribution in [0.25, 0.3) is 0 Å². The van der Waals surface area contributed by atoms with Gasteiger partial charge in [-0.2, -0.15) is 4.65 Å². The lowest BCUT2D eigenvalue weighted by molar-refractivity contribution is -1.12. The first kappa shape index (κ1) is 27.6. The molecule has 0 aliphatic carbocycles. The van der Waals surface area contributed by atoms with E-state index in [0.717, 1.165) is 51.0 Å². The van der Waals surface area contributed by atoms with Crippen LogP contribution in [0.15, 0.2) is 30.5 Å². The van der Waals surface area contributed by atoms with Gasteiger partial charge in [0.05, 0.1) is 6.20 Å². The van der Waals surface area contributed by atoms with Crippen molar-refractivity contribution in [2.45, 2.75) is 57.5 Å². The Balaban J connectivity index is 1.46. The number of hydrogen-bond acceptors (Lipinski definition) is 7. The fraction of sp³-hybridized carbons (Fsp3) is 0.556. The highest BCUT2D eigenvalue weighted by atomic mass is 16.5. The zero-order chi connectivity index (χ0) is 27.4. The van der Waals surface area contributed by atoms with Gasteiger partial charge in [0.15, 0.2) is 11.5 Å². The molecule has 206 valence electrons. The van der Waals surface area contributed by atoms with Crippen molar-refractivity contribution in [2.24, 2.45) is 5.73 Å². The van der Waals surface area contributed by atoms with Crippen LogP contribution in [0.4, 0.5) is 22.1 Å². The number of piperidine rings is 2. The molecule has 38 heavy (non-hydrogen) atoms. The second-order valence-electron chi connectivity index (χ2n) is 11.0. The van der Waals surface area contributed by atoms with Crippen LogP contribution in [-0.4, -0.2) is 89.0 Å². The van der Waals surface area contributed by atoms with Gasteiger partial charge < -0.3 is 26.2 Å². The Bertz CT molecular complexity index is 1130. The van der Waals surface area contributed by atoms with E-state index in [1.165, 1.54) is 10.5 Å². The number of hydrogen-bond donors (Lipinski definition) is 4. The second-order valence-corrected chi connectivity index (χ2v) is 11.0. The number of urea groups is 1. The van der Waals surface area contributed by atoms with E-state index in [2.05, 4.69) is 46.5 Å². The standard InChI is InChI=1S/C27H40N8O3/c1-18(2)35(38)14-11-20(12-15-35)19-7-9-21(10-8-19)30-26-24(25(28)36)29-16-23(32-26)34-13-5-6-22(17-34)31-27(37)33(3)4/h7-10,16,18,20,22,38H,5-6,11-15,17H2,1-4H3,(H3-,28,30,31,32,36,37)/p+1/t20?,22-,35?/m1/s1. The molecule has 0 radical (unpaired) electrons. The fourth-order valence-electron chi connectivity index (χ4n) is 5.25. The number of nitrogens with zero attached hydrogens (tertiary/aromatic N) is 5. The molecule has 2 saturated heterocycles. The number of quaternary nitrogens is 1. The lowest BCUT2D eigenvalue weighted by atomic mass is 9.88. The number of carbonyl (C=O) groups is 2. The number of anilines is 3. The van der Waals surface area contributed by atoms with Crippen LogP contribution in [0.5, 0.6) is 0 Å². The number of nitrogens with two attached hydrogens (primary N) is 1. The summed E-state index contributed by atoms with van der Waals surface area (Å²) in [4.78, 5) is 36.8. The van der Waals surface area contributed by atoms with Crippen molar-refractivity contribution in [3.63, 3.8) is 0 Å². The maximum atomic E-state index is 12.1. The van der Waals surface area contributed by atoms with E-state index in [1.54, 1.807) is 20.3 Å². The zero-order valence-corrected chi connectivity index (χ0v) is 22.9. The van der Waals surface area contributed by atoms with Gasteiger partial charge in [-0.3, -0.25) is 4.79 Å². The molecule has 4 rings (SSSR count). The maximum Gasteiger partial charge on any atom is 0.317 e. The Morgan fingerprint density at radius 1 is 1.16 bits per heavy atom. The molecule has 5 N–H and O–H groups in total. The second kappa shape index (κ2) is 11.5. The normalized spacial score (nSPS) is 23.7. The minimum atomic E-state index is -0.657. The summed E-state index contributed by atoms with van der Waals surface area (Å²) < 4.78 is 0.140. The Morgan fingerprint density at radius 3 is 2.45 bits per heavy atom. The van der Waals surface area contributed by atoms with Crippen molar-refractivity contribution < 1.29 is 19.4 Å². The molecular formula is C27H41N8O3+. The highest BCUT2D eigenvalue weighted by molar-refractivity contribution is 5.96. The number of nitrogens with one attached hydrogen (secondary N) is 2. The fourth-order valence-corrected chi connectivity index (χ4v) is 5.25. The largest absolute Gasteiger partial charge is 0.364 e. The number of aromatic nitrogens is 2. The maximum absolute atomic E-state index is 12.1. The molecule has 2 fully saturated rings. The van der Waals surface area contributed by atoms with Gasteiger partial charge in [0.1, 0.15) is 24.9 Å². The molecular weight excluding hydrogens is 484 g/mol. The number of hydroxylamine groups is 3. The predicted octanol–water partition coefficient (Wildman–Crippen LogP) is 3.05. The van der Waals surface area contributed by atoms with Crippen molar-refractivity contribution in [3.05, 3.63) is 41.7 Å². The number of likely N-dealkylation sites (tertiary alicyclic amines) is 1. The van der Waals surface area contributed by atoms with Gasteiger partial charge in [-0.1, -0.05) is 12.1 Å². The molecule has 1 atom stereocenters. The van der Waals surface area contributed by atoms with E-state index in [0.29, 0.717) is 24.1 Å². The molecule has 1 aromatic heterocycles. The number of rotatable bonds is 7. The number of carbonyl (C=O) groups excluding carboxylic acids is 2. The summed E-state index contributed by atoms with van der Waals surface area (Å²) in [6, 6.07) is 8.19. The molecule has 0 unspecified atom stereocenters. The van der Waals surface area contributed by atoms with Gasteiger partial charge >= 0.3 is 6.03 Å². The lowest BCUT2D eigenvalue weighted by Gasteiger charge is -2.39. The summed E-state index contributed by atoms with van der Waals surface area (Å²) in [6.45, 7) is 7.01. The monoisotopic (exact) mass is 525 g/mol. The molecule has 3 heterocycles. The van der Waals surface area contributed by atoms with Crippen molar-refractivity contribution in [1.29, 1.82) is 0 Å². The first-order chi connectivity index (χ1) is 18.1. The van der Waals surface area contributed by atoms with E-state index >= 15 is 0 Å². The summed E-state index contributed by atoms with van der Waals surface area (Å²) in [5.74, 6) is 0.677. The molecule has 0 bridgehead atoms. The van der Waals surface area contributed by atoms with E-state index in [9.17, 15) is 14.8 Å². The van der Waals surface area contributed by atoms with Gasteiger partial charge in [0.25, 0.3) is 5.91 Å². The van der Waals surface area contributed by atoms with Gasteiger partial charge in [0, 0.05) is 51.8 Å². The van der Waals surface area contributed by atoms with Crippen LogP contribution >= 0.6 is 0 Å². The molecule has 1 aromatic carbocycles. The van der Waals surface area contributed by atoms with Gasteiger partial charge in [0.2, 0.25) is 0 Å². The lowest BCUT2D eigenvalue weighted by Crippen LogP contribution is -2.54. The molecule has 2 aromatic rings. The molecule has 0 saturated carbocycles. The molecule has 11 nitrogen and oxygen atoms in total. The van der Waals surface area contributed by atoms with Crippen molar-refractivity contribution in [1.82, 2.24) is 20.2 Å². The Kier molecular flexibility index (Phi) is 8.37. The minimum Gasteiger partial charge on any atom is -0.364 e. The first-order valence-corrected chi connectivity index (χ1v) is 13.4.